The molecule has 0 radical (unpaired) electrons. The maximum atomic E-state index is 13.4. The van der Waals surface area contributed by atoms with Crippen molar-refractivity contribution in [2.24, 2.45) is 11.3 Å². The van der Waals surface area contributed by atoms with Crippen LogP contribution in [-0.2, 0) is 16.0 Å². The minimum atomic E-state index is -0.667. The molecule has 2 aliphatic rings. The normalized spacial score (nSPS) is 22.0. The Bertz CT molecular complexity index is 928. The lowest BCUT2D eigenvalue weighted by Gasteiger charge is -2.43. The molecule has 1 aromatic carbocycles. The summed E-state index contributed by atoms with van der Waals surface area (Å²) in [5.74, 6) is 1.11. The number of likely N-dealkylation sites (tertiary alicyclic amines) is 1. The van der Waals surface area contributed by atoms with Crippen LogP contribution in [0.25, 0.3) is 11.3 Å². The summed E-state index contributed by atoms with van der Waals surface area (Å²) < 4.78 is 5.68. The summed E-state index contributed by atoms with van der Waals surface area (Å²) in [5, 5.41) is 4.25. The van der Waals surface area contributed by atoms with Gasteiger partial charge in [-0.15, -0.1) is 0 Å². The number of aryl methyl sites for hydroxylation is 1. The Balaban J connectivity index is 1.57. The molecule has 2 aromatic rings. The molecule has 2 fully saturated rings. The van der Waals surface area contributed by atoms with Crippen molar-refractivity contribution in [1.82, 2.24) is 15.0 Å². The van der Waals surface area contributed by atoms with Gasteiger partial charge in [-0.2, -0.15) is 0 Å². The lowest BCUT2D eigenvalue weighted by Crippen LogP contribution is -2.55. The quantitative estimate of drug-likeness (QED) is 0.727. The van der Waals surface area contributed by atoms with Crippen LogP contribution in [0.15, 0.2) is 34.9 Å². The van der Waals surface area contributed by atoms with Crippen molar-refractivity contribution in [3.8, 4) is 11.3 Å². The number of amides is 2. The molecule has 1 aliphatic carbocycles. The second-order valence-corrected chi connectivity index (χ2v) is 9.55. The van der Waals surface area contributed by atoms with Crippen molar-refractivity contribution in [2.75, 3.05) is 27.2 Å². The molecular formula is C25H33N3O3. The minimum Gasteiger partial charge on any atom is -0.361 e. The molecule has 0 spiro atoms. The molecule has 6 heteroatoms. The van der Waals surface area contributed by atoms with E-state index in [1.807, 2.05) is 35.2 Å². The van der Waals surface area contributed by atoms with E-state index < -0.39 is 5.41 Å². The number of piperidine rings is 1. The van der Waals surface area contributed by atoms with E-state index in [4.69, 9.17) is 4.52 Å². The Kier molecular flexibility index (Phi) is 6.17. The van der Waals surface area contributed by atoms with Gasteiger partial charge in [0, 0.05) is 51.2 Å². The van der Waals surface area contributed by atoms with Gasteiger partial charge < -0.3 is 14.3 Å². The standard InChI is InChI=1S/C25H33N3O3/c1-18-9-11-19(12-10-18)22-15-21(31-26-22)16-25(24(30)27(2)3)13-6-14-28(17-25)23(29)20-7-4-5-8-20/h9-12,15,20H,4-8,13-14,16-17H2,1-3H3. The van der Waals surface area contributed by atoms with Gasteiger partial charge in [0.2, 0.25) is 11.8 Å². The monoisotopic (exact) mass is 423 g/mol. The number of benzene rings is 1. The van der Waals surface area contributed by atoms with Gasteiger partial charge >= 0.3 is 0 Å². The third-order valence-corrected chi connectivity index (χ3v) is 6.87. The number of rotatable bonds is 5. The van der Waals surface area contributed by atoms with Gasteiger partial charge in [-0.25, -0.2) is 0 Å². The summed E-state index contributed by atoms with van der Waals surface area (Å²) in [6, 6.07) is 10.1. The zero-order chi connectivity index (χ0) is 22.0. The van der Waals surface area contributed by atoms with Crippen molar-refractivity contribution < 1.29 is 14.1 Å². The fraction of sp³-hybridized carbons (Fsp3) is 0.560. The average molecular weight is 424 g/mol. The molecule has 1 saturated heterocycles. The predicted molar refractivity (Wildman–Crippen MR) is 119 cm³/mol. The Labute approximate surface area is 184 Å². The molecule has 166 valence electrons. The maximum absolute atomic E-state index is 13.4. The van der Waals surface area contributed by atoms with Crippen LogP contribution >= 0.6 is 0 Å². The summed E-state index contributed by atoms with van der Waals surface area (Å²) in [7, 11) is 3.58. The van der Waals surface area contributed by atoms with Gasteiger partial charge in [-0.1, -0.05) is 47.8 Å². The highest BCUT2D eigenvalue weighted by molar-refractivity contribution is 5.85. The molecule has 2 heterocycles. The van der Waals surface area contributed by atoms with E-state index in [1.54, 1.807) is 19.0 Å². The molecular weight excluding hydrogens is 390 g/mol. The molecule has 1 aromatic heterocycles. The van der Waals surface area contributed by atoms with E-state index in [1.165, 1.54) is 5.56 Å². The van der Waals surface area contributed by atoms with Crippen LogP contribution in [0.3, 0.4) is 0 Å². The van der Waals surface area contributed by atoms with Crippen molar-refractivity contribution >= 4 is 11.8 Å². The second kappa shape index (κ2) is 8.85. The van der Waals surface area contributed by atoms with Crippen LogP contribution < -0.4 is 0 Å². The van der Waals surface area contributed by atoms with Crippen LogP contribution in [0, 0.1) is 18.3 Å². The first-order valence-corrected chi connectivity index (χ1v) is 11.4. The van der Waals surface area contributed by atoms with E-state index >= 15 is 0 Å². The van der Waals surface area contributed by atoms with E-state index in [2.05, 4.69) is 12.1 Å². The van der Waals surface area contributed by atoms with Crippen LogP contribution in [-0.4, -0.2) is 54.0 Å². The molecule has 1 unspecified atom stereocenters. The molecule has 1 atom stereocenters. The summed E-state index contributed by atoms with van der Waals surface area (Å²) in [6.07, 6.45) is 6.25. The van der Waals surface area contributed by atoms with E-state index in [0.29, 0.717) is 18.7 Å². The molecule has 0 bridgehead atoms. The molecule has 0 N–H and O–H groups in total. The number of aromatic nitrogens is 1. The lowest BCUT2D eigenvalue weighted by atomic mass is 9.74. The topological polar surface area (TPSA) is 66.7 Å². The van der Waals surface area contributed by atoms with Gasteiger partial charge in [0.25, 0.3) is 0 Å². The third-order valence-electron chi connectivity index (χ3n) is 6.87. The van der Waals surface area contributed by atoms with Crippen molar-refractivity contribution in [3.63, 3.8) is 0 Å². The second-order valence-electron chi connectivity index (χ2n) is 9.55. The first-order chi connectivity index (χ1) is 14.9. The highest BCUT2D eigenvalue weighted by atomic mass is 16.5. The largest absolute Gasteiger partial charge is 0.361 e. The van der Waals surface area contributed by atoms with Crippen LogP contribution in [0.1, 0.15) is 49.8 Å². The summed E-state index contributed by atoms with van der Waals surface area (Å²) in [5.41, 5.74) is 2.30. The fourth-order valence-electron chi connectivity index (χ4n) is 5.21. The molecule has 4 rings (SSSR count). The van der Waals surface area contributed by atoms with Gasteiger partial charge in [0.05, 0.1) is 5.41 Å². The number of hydrogen-bond acceptors (Lipinski definition) is 4. The SMILES string of the molecule is Cc1ccc(-c2cc(CC3(C(=O)N(C)C)CCCN(C(=O)C4CCCC4)C3)on2)cc1. The predicted octanol–water partition coefficient (Wildman–Crippen LogP) is 4.08. The number of nitrogens with zero attached hydrogens (tertiary/aromatic N) is 3. The molecule has 2 amide bonds. The number of hydrogen-bond donors (Lipinski definition) is 0. The Morgan fingerprint density at radius 1 is 1.16 bits per heavy atom. The Morgan fingerprint density at radius 3 is 2.55 bits per heavy atom. The zero-order valence-corrected chi connectivity index (χ0v) is 18.9. The first-order valence-electron chi connectivity index (χ1n) is 11.4. The van der Waals surface area contributed by atoms with Crippen LogP contribution in [0.5, 0.6) is 0 Å². The number of carbonyl (C=O) groups excluding carboxylic acids is 2. The average Bonchev–Trinajstić information content (AvgIpc) is 3.46. The Hall–Kier alpha value is -2.63. The molecule has 6 nitrogen and oxygen atoms in total. The van der Waals surface area contributed by atoms with Gasteiger partial charge in [-0.3, -0.25) is 9.59 Å². The molecule has 31 heavy (non-hydrogen) atoms. The third kappa shape index (κ3) is 4.53. The first kappa shape index (κ1) is 21.6. The van der Waals surface area contributed by atoms with E-state index in [9.17, 15) is 9.59 Å². The lowest BCUT2D eigenvalue weighted by molar-refractivity contribution is -0.149. The fourth-order valence-corrected chi connectivity index (χ4v) is 5.21. The van der Waals surface area contributed by atoms with E-state index in [0.717, 1.165) is 56.3 Å². The Morgan fingerprint density at radius 2 is 1.87 bits per heavy atom. The van der Waals surface area contributed by atoms with E-state index in [-0.39, 0.29) is 17.7 Å². The molecule has 1 saturated carbocycles. The van der Waals surface area contributed by atoms with Gasteiger partial charge in [-0.05, 0) is 32.6 Å². The summed E-state index contributed by atoms with van der Waals surface area (Å²) >= 11 is 0. The molecule has 1 aliphatic heterocycles. The zero-order valence-electron chi connectivity index (χ0n) is 18.9. The summed E-state index contributed by atoms with van der Waals surface area (Å²) in [4.78, 5) is 30.1. The number of carbonyl (C=O) groups is 2. The minimum absolute atomic E-state index is 0.0599. The summed E-state index contributed by atoms with van der Waals surface area (Å²) in [6.45, 7) is 3.25. The van der Waals surface area contributed by atoms with Crippen molar-refractivity contribution in [3.05, 3.63) is 41.7 Å². The smallest absolute Gasteiger partial charge is 0.230 e. The van der Waals surface area contributed by atoms with Crippen LogP contribution in [0.4, 0.5) is 0 Å². The highest BCUT2D eigenvalue weighted by Gasteiger charge is 2.46. The van der Waals surface area contributed by atoms with Crippen LogP contribution in [0.2, 0.25) is 0 Å². The van der Waals surface area contributed by atoms with Crippen molar-refractivity contribution in [2.45, 2.75) is 51.9 Å². The van der Waals surface area contributed by atoms with Crippen molar-refractivity contribution in [1.29, 1.82) is 0 Å². The van der Waals surface area contributed by atoms with Gasteiger partial charge in [0.15, 0.2) is 0 Å². The van der Waals surface area contributed by atoms with Gasteiger partial charge in [0.1, 0.15) is 11.5 Å². The highest BCUT2D eigenvalue weighted by Crippen LogP contribution is 2.38. The maximum Gasteiger partial charge on any atom is 0.230 e.